The lowest BCUT2D eigenvalue weighted by atomic mass is 9.52. The van der Waals surface area contributed by atoms with Crippen LogP contribution in [0.5, 0.6) is 5.75 Å². The van der Waals surface area contributed by atoms with Crippen LogP contribution in [0.25, 0.3) is 6.08 Å². The number of aryl methyl sites for hydroxylation is 1. The molecule has 1 fully saturated rings. The number of rotatable bonds is 1. The number of benzene rings is 1. The minimum absolute atomic E-state index is 0.0163. The maximum Gasteiger partial charge on any atom is 0.139 e. The number of carbonyl (C=O) groups excluding carboxylic acids is 1. The second-order valence-electron chi connectivity index (χ2n) is 7.31. The number of ether oxygens (including phenoxy) is 1. The summed E-state index contributed by atoms with van der Waals surface area (Å²) in [5, 5.41) is 0. The zero-order valence-corrected chi connectivity index (χ0v) is 13.6. The molecular weight excluding hydrogens is 260 g/mol. The van der Waals surface area contributed by atoms with E-state index in [1.165, 1.54) is 11.1 Å². The van der Waals surface area contributed by atoms with E-state index in [1.807, 2.05) is 0 Å². The van der Waals surface area contributed by atoms with Crippen LogP contribution < -0.4 is 4.74 Å². The van der Waals surface area contributed by atoms with Crippen molar-refractivity contribution in [1.29, 1.82) is 0 Å². The Hall–Kier alpha value is -1.57. The van der Waals surface area contributed by atoms with E-state index in [2.05, 4.69) is 52.0 Å². The Labute approximate surface area is 127 Å². The average Bonchev–Trinajstić information content (AvgIpc) is 2.43. The minimum Gasteiger partial charge on any atom is -0.496 e. The topological polar surface area (TPSA) is 26.3 Å². The first-order valence-electron chi connectivity index (χ1n) is 7.71. The van der Waals surface area contributed by atoms with Gasteiger partial charge >= 0.3 is 0 Å². The highest BCUT2D eigenvalue weighted by molar-refractivity contribution is 5.87. The largest absolute Gasteiger partial charge is 0.496 e. The number of allylic oxidation sites excluding steroid dienone is 1. The van der Waals surface area contributed by atoms with Crippen LogP contribution in [0.3, 0.4) is 0 Å². The van der Waals surface area contributed by atoms with E-state index >= 15 is 0 Å². The molecule has 0 aliphatic heterocycles. The highest BCUT2D eigenvalue weighted by Gasteiger charge is 2.52. The predicted octanol–water partition coefficient (Wildman–Crippen LogP) is 4.29. The fraction of sp³-hybridized carbons (Fsp3) is 0.526. The quantitative estimate of drug-likeness (QED) is 0.769. The Bertz CT molecular complexity index is 639. The van der Waals surface area contributed by atoms with Gasteiger partial charge in [0.15, 0.2) is 0 Å². The van der Waals surface area contributed by atoms with Crippen molar-refractivity contribution in [1.82, 2.24) is 0 Å². The third kappa shape index (κ3) is 1.88. The molecule has 0 N–H and O–H groups in total. The van der Waals surface area contributed by atoms with Gasteiger partial charge in [0.1, 0.15) is 11.5 Å². The summed E-state index contributed by atoms with van der Waals surface area (Å²) in [6, 6.07) is 4.39. The van der Waals surface area contributed by atoms with Crippen molar-refractivity contribution in [2.75, 3.05) is 7.11 Å². The summed E-state index contributed by atoms with van der Waals surface area (Å²) in [6.07, 6.45) is 6.03. The first-order valence-corrected chi connectivity index (χ1v) is 7.71. The van der Waals surface area contributed by atoms with Crippen molar-refractivity contribution in [3.8, 4) is 5.75 Å². The molecule has 0 radical (unpaired) electrons. The second kappa shape index (κ2) is 4.46. The average molecular weight is 284 g/mol. The molecule has 0 aromatic heterocycles. The Kier molecular flexibility index (Phi) is 3.05. The zero-order valence-electron chi connectivity index (χ0n) is 13.6. The molecule has 2 atom stereocenters. The molecule has 2 aliphatic rings. The van der Waals surface area contributed by atoms with Gasteiger partial charge in [-0.3, -0.25) is 4.79 Å². The van der Waals surface area contributed by atoms with E-state index in [0.717, 1.165) is 17.7 Å². The fourth-order valence-corrected chi connectivity index (χ4v) is 4.34. The number of Topliss-reactive ketones (excluding diaryl/α,β-unsaturated/α-hetero) is 1. The van der Waals surface area contributed by atoms with Gasteiger partial charge in [-0.05, 0) is 48.1 Å². The molecule has 0 saturated heterocycles. The van der Waals surface area contributed by atoms with Gasteiger partial charge in [-0.1, -0.05) is 32.9 Å². The highest BCUT2D eigenvalue weighted by Crippen LogP contribution is 2.55. The Balaban J connectivity index is 2.19. The van der Waals surface area contributed by atoms with Gasteiger partial charge in [-0.2, -0.15) is 0 Å². The molecule has 0 heterocycles. The summed E-state index contributed by atoms with van der Waals surface area (Å²) in [6.45, 7) is 8.58. The molecule has 112 valence electrons. The van der Waals surface area contributed by atoms with Crippen LogP contribution in [0.1, 0.15) is 50.3 Å². The van der Waals surface area contributed by atoms with Crippen molar-refractivity contribution < 1.29 is 9.53 Å². The Morgan fingerprint density at radius 2 is 1.95 bits per heavy atom. The maximum absolute atomic E-state index is 12.3. The van der Waals surface area contributed by atoms with Crippen molar-refractivity contribution in [2.24, 2.45) is 11.3 Å². The first-order chi connectivity index (χ1) is 9.80. The predicted molar refractivity (Wildman–Crippen MR) is 85.6 cm³/mol. The lowest BCUT2D eigenvalue weighted by Gasteiger charge is -2.51. The normalized spacial score (nSPS) is 29.8. The number of ketones is 1. The van der Waals surface area contributed by atoms with Gasteiger partial charge in [0.25, 0.3) is 0 Å². The molecule has 0 amide bonds. The summed E-state index contributed by atoms with van der Waals surface area (Å²) >= 11 is 0. The summed E-state index contributed by atoms with van der Waals surface area (Å²) in [5.74, 6) is 1.59. The van der Waals surface area contributed by atoms with Gasteiger partial charge in [-0.15, -0.1) is 0 Å². The van der Waals surface area contributed by atoms with Gasteiger partial charge in [0.2, 0.25) is 0 Å². The number of hydrogen-bond acceptors (Lipinski definition) is 2. The molecule has 21 heavy (non-hydrogen) atoms. The molecular formula is C19H24O2. The van der Waals surface area contributed by atoms with E-state index in [0.29, 0.717) is 12.2 Å². The van der Waals surface area contributed by atoms with Gasteiger partial charge in [0, 0.05) is 17.3 Å². The smallest absolute Gasteiger partial charge is 0.139 e. The SMILES string of the molecule is COc1cc2c(cc1C)C=C[C@@H]1C(C)(C)C(=O)CC[C@@]21C. The van der Waals surface area contributed by atoms with Crippen molar-refractivity contribution >= 4 is 11.9 Å². The Morgan fingerprint density at radius 1 is 1.24 bits per heavy atom. The van der Waals surface area contributed by atoms with Crippen LogP contribution in [-0.4, -0.2) is 12.9 Å². The summed E-state index contributed by atoms with van der Waals surface area (Å²) in [4.78, 5) is 12.3. The summed E-state index contributed by atoms with van der Waals surface area (Å²) in [5.41, 5.74) is 3.49. The Morgan fingerprint density at radius 3 is 2.62 bits per heavy atom. The van der Waals surface area contributed by atoms with E-state index in [-0.39, 0.29) is 16.7 Å². The van der Waals surface area contributed by atoms with Crippen LogP contribution in [0, 0.1) is 18.3 Å². The van der Waals surface area contributed by atoms with Crippen LogP contribution in [0.4, 0.5) is 0 Å². The fourth-order valence-electron chi connectivity index (χ4n) is 4.34. The van der Waals surface area contributed by atoms with Crippen LogP contribution in [0.2, 0.25) is 0 Å². The molecule has 2 nitrogen and oxygen atoms in total. The lowest BCUT2D eigenvalue weighted by Crippen LogP contribution is -2.50. The molecule has 1 aromatic rings. The third-order valence-corrected chi connectivity index (χ3v) is 5.70. The van der Waals surface area contributed by atoms with E-state index in [1.54, 1.807) is 7.11 Å². The summed E-state index contributed by atoms with van der Waals surface area (Å²) in [7, 11) is 1.72. The number of methoxy groups -OCH3 is 1. The number of fused-ring (bicyclic) bond motifs is 3. The standard InChI is InChI=1S/C19H24O2/c1-12-10-13-6-7-16-18(2,3)17(20)8-9-19(16,4)14(13)11-15(12)21-5/h6-7,10-11,16H,8-9H2,1-5H3/t16-,19+/m1/s1. The molecule has 0 unspecified atom stereocenters. The van der Waals surface area contributed by atoms with Crippen molar-refractivity contribution in [2.45, 2.75) is 46.0 Å². The lowest BCUT2D eigenvalue weighted by molar-refractivity contribution is -0.134. The van der Waals surface area contributed by atoms with Gasteiger partial charge in [-0.25, -0.2) is 0 Å². The molecule has 2 heteroatoms. The minimum atomic E-state index is -0.292. The highest BCUT2D eigenvalue weighted by atomic mass is 16.5. The molecule has 0 bridgehead atoms. The van der Waals surface area contributed by atoms with Crippen LogP contribution >= 0.6 is 0 Å². The van der Waals surface area contributed by atoms with Gasteiger partial charge < -0.3 is 4.74 Å². The number of hydrogen-bond donors (Lipinski definition) is 0. The molecule has 0 spiro atoms. The van der Waals surface area contributed by atoms with E-state index in [9.17, 15) is 4.79 Å². The molecule has 2 aliphatic carbocycles. The third-order valence-electron chi connectivity index (χ3n) is 5.70. The number of carbonyl (C=O) groups is 1. The maximum atomic E-state index is 12.3. The van der Waals surface area contributed by atoms with Crippen LogP contribution in [0.15, 0.2) is 18.2 Å². The van der Waals surface area contributed by atoms with Crippen molar-refractivity contribution in [3.05, 3.63) is 34.9 Å². The first kappa shape index (κ1) is 14.4. The summed E-state index contributed by atoms with van der Waals surface area (Å²) < 4.78 is 5.52. The molecule has 1 saturated carbocycles. The van der Waals surface area contributed by atoms with Crippen molar-refractivity contribution in [3.63, 3.8) is 0 Å². The monoisotopic (exact) mass is 284 g/mol. The van der Waals surface area contributed by atoms with E-state index < -0.39 is 0 Å². The van der Waals surface area contributed by atoms with E-state index in [4.69, 9.17) is 4.74 Å². The second-order valence-corrected chi connectivity index (χ2v) is 7.31. The van der Waals surface area contributed by atoms with Crippen LogP contribution in [-0.2, 0) is 10.2 Å². The molecule has 1 aromatic carbocycles. The zero-order chi connectivity index (χ0) is 15.4. The van der Waals surface area contributed by atoms with Gasteiger partial charge in [0.05, 0.1) is 7.11 Å². The molecule has 3 rings (SSSR count).